The molecule has 0 saturated carbocycles. The molecule has 0 N–H and O–H groups in total. The summed E-state index contributed by atoms with van der Waals surface area (Å²) in [5, 5.41) is 8.08. The van der Waals surface area contributed by atoms with Gasteiger partial charge in [0, 0.05) is 34.5 Å². The Morgan fingerprint density at radius 1 is 0.615 bits per heavy atom. The van der Waals surface area contributed by atoms with Gasteiger partial charge in [-0.25, -0.2) is 16.5 Å². The summed E-state index contributed by atoms with van der Waals surface area (Å²) in [5.74, 6) is 3.27. The van der Waals surface area contributed by atoms with Gasteiger partial charge in [0.2, 0.25) is 0 Å². The molecule has 0 rings (SSSR count). The Balaban J connectivity index is 6.20. The summed E-state index contributed by atoms with van der Waals surface area (Å²) in [7, 11) is -10.2. The van der Waals surface area contributed by atoms with Crippen LogP contribution in [-0.4, -0.2) is 34.5 Å². The third-order valence-corrected chi connectivity index (χ3v) is 16.6. The van der Waals surface area contributed by atoms with Gasteiger partial charge in [-0.1, -0.05) is 72.5 Å². The molecule has 0 bridgehead atoms. The molecule has 0 aromatic carbocycles. The van der Waals surface area contributed by atoms with Crippen molar-refractivity contribution in [1.82, 2.24) is 0 Å². The summed E-state index contributed by atoms with van der Waals surface area (Å²) in [6.07, 6.45) is 17.2. The lowest BCUT2D eigenvalue weighted by molar-refractivity contribution is 0.338. The van der Waals surface area contributed by atoms with Gasteiger partial charge in [-0.3, -0.25) is 0 Å². The Morgan fingerprint density at radius 2 is 0.808 bits per heavy atom. The number of rotatable bonds is 12. The maximum absolute atomic E-state index is 13.8. The zero-order valence-corrected chi connectivity index (χ0v) is 20.1. The van der Waals surface area contributed by atoms with Gasteiger partial charge >= 0.3 is 7.82 Å². The molecule has 152 valence electrons. The fourth-order valence-corrected chi connectivity index (χ4v) is 12.5. The molecular weight excluding hydrogens is 407 g/mol. The Bertz CT molecular complexity index is 532. The predicted octanol–water partition coefficient (Wildman–Crippen LogP) is 6.19. The van der Waals surface area contributed by atoms with E-state index in [0.717, 1.165) is 0 Å². The number of phosphoric acid groups is 1. The number of hydrogen-bond donors (Lipinski definition) is 0. The SMILES string of the molecule is C#CS(CC)(CC)OP(=O)(OS(C#C)(CC)CC)OS(C#C)(CC)CC. The van der Waals surface area contributed by atoms with E-state index < -0.39 is 38.7 Å². The topological polar surface area (TPSA) is 44.8 Å². The first-order chi connectivity index (χ1) is 12.2. The van der Waals surface area contributed by atoms with Crippen LogP contribution < -0.4 is 0 Å². The highest BCUT2D eigenvalue weighted by atomic mass is 32.3. The number of hydrogen-bond acceptors (Lipinski definition) is 4. The number of terminal acetylenes is 3. The van der Waals surface area contributed by atoms with Gasteiger partial charge in [-0.2, -0.15) is 0 Å². The third-order valence-electron chi connectivity index (χ3n) is 4.14. The first kappa shape index (κ1) is 25.8. The Morgan fingerprint density at radius 3 is 0.923 bits per heavy atom. The first-order valence-corrected chi connectivity index (χ1v) is 15.8. The van der Waals surface area contributed by atoms with Crippen molar-refractivity contribution in [2.45, 2.75) is 41.5 Å². The van der Waals surface area contributed by atoms with E-state index in [0.29, 0.717) is 34.5 Å². The van der Waals surface area contributed by atoms with E-state index in [9.17, 15) is 4.57 Å². The minimum atomic E-state index is -4.05. The molecule has 0 atom stereocenters. The molecular formula is C18H33O4PS3. The lowest BCUT2D eigenvalue weighted by atomic mass is 11.0. The van der Waals surface area contributed by atoms with Crippen LogP contribution in [0.2, 0.25) is 0 Å². The molecule has 0 heterocycles. The molecule has 0 aliphatic heterocycles. The van der Waals surface area contributed by atoms with Crippen molar-refractivity contribution in [3.63, 3.8) is 0 Å². The maximum Gasteiger partial charge on any atom is 0.506 e. The van der Waals surface area contributed by atoms with E-state index in [1.165, 1.54) is 0 Å². The van der Waals surface area contributed by atoms with Gasteiger partial charge in [-0.05, 0) is 15.8 Å². The summed E-state index contributed by atoms with van der Waals surface area (Å²) in [6.45, 7) is 11.4. The Hall–Kier alpha value is -0.160. The van der Waals surface area contributed by atoms with E-state index in [1.54, 1.807) is 0 Å². The van der Waals surface area contributed by atoms with Crippen LogP contribution in [0.3, 0.4) is 0 Å². The Labute approximate surface area is 166 Å². The van der Waals surface area contributed by atoms with E-state index in [4.69, 9.17) is 31.2 Å². The maximum atomic E-state index is 13.8. The van der Waals surface area contributed by atoms with Crippen LogP contribution >= 0.6 is 38.7 Å². The second-order valence-corrected chi connectivity index (χ2v) is 16.9. The van der Waals surface area contributed by atoms with Crippen molar-refractivity contribution in [2.24, 2.45) is 0 Å². The van der Waals surface area contributed by atoms with Gasteiger partial charge < -0.3 is 0 Å². The van der Waals surface area contributed by atoms with Crippen molar-refractivity contribution in [3.8, 4) is 35.0 Å². The monoisotopic (exact) mass is 440 g/mol. The van der Waals surface area contributed by atoms with E-state index in [-0.39, 0.29) is 0 Å². The summed E-state index contributed by atoms with van der Waals surface area (Å²) >= 11 is 0. The largest absolute Gasteiger partial charge is 0.506 e. The van der Waals surface area contributed by atoms with Crippen molar-refractivity contribution in [1.29, 1.82) is 0 Å². The fourth-order valence-electron chi connectivity index (χ4n) is 2.05. The molecule has 8 heteroatoms. The molecule has 0 radical (unpaired) electrons. The van der Waals surface area contributed by atoms with Crippen LogP contribution in [0.1, 0.15) is 41.5 Å². The molecule has 0 unspecified atom stereocenters. The van der Waals surface area contributed by atoms with Gasteiger partial charge in [0.25, 0.3) is 0 Å². The molecule has 0 amide bonds. The highest BCUT2D eigenvalue weighted by molar-refractivity contribution is 8.39. The summed E-state index contributed by atoms with van der Waals surface area (Å²) in [4.78, 5) is 0. The highest BCUT2D eigenvalue weighted by Gasteiger charge is 2.45. The van der Waals surface area contributed by atoms with Gasteiger partial charge in [0.15, 0.2) is 0 Å². The standard InChI is InChI=1S/C18H33O4PS3/c1-10-24(11-2,12-3)20-23(19,21-25(13-4,14-5)15-6)22-26(16-7,17-8)18-9/h1,4,7H,11-12,14-15,17-18H2,2-3,5-6,8-9H3. The lowest BCUT2D eigenvalue weighted by Gasteiger charge is -2.42. The van der Waals surface area contributed by atoms with Crippen molar-refractivity contribution in [3.05, 3.63) is 0 Å². The summed E-state index contributed by atoms with van der Waals surface area (Å²) in [6, 6.07) is 0. The minimum Gasteiger partial charge on any atom is -0.225 e. The first-order valence-electron chi connectivity index (χ1n) is 8.68. The van der Waals surface area contributed by atoms with Crippen LogP contribution in [0.4, 0.5) is 0 Å². The van der Waals surface area contributed by atoms with E-state index in [1.807, 2.05) is 41.5 Å². The van der Waals surface area contributed by atoms with Crippen molar-refractivity contribution >= 4 is 38.7 Å². The zero-order chi connectivity index (χ0) is 20.5. The smallest absolute Gasteiger partial charge is 0.225 e. The lowest BCUT2D eigenvalue weighted by Crippen LogP contribution is -2.16. The second-order valence-electron chi connectivity index (χ2n) is 5.19. The summed E-state index contributed by atoms with van der Waals surface area (Å²) < 4.78 is 31.8. The second kappa shape index (κ2) is 11.0. The van der Waals surface area contributed by atoms with E-state index in [2.05, 4.69) is 15.8 Å². The average Bonchev–Trinajstić information content (AvgIpc) is 2.69. The highest BCUT2D eigenvalue weighted by Crippen LogP contribution is 2.76. The van der Waals surface area contributed by atoms with Gasteiger partial charge in [0.05, 0.1) is 0 Å². The molecule has 26 heavy (non-hydrogen) atoms. The molecule has 0 aliphatic rings. The molecule has 0 aromatic heterocycles. The van der Waals surface area contributed by atoms with E-state index >= 15 is 0 Å². The molecule has 0 saturated heterocycles. The molecule has 0 aliphatic carbocycles. The molecule has 0 aromatic rings. The Kier molecular flexibility index (Phi) is 10.9. The van der Waals surface area contributed by atoms with Crippen LogP contribution in [0.5, 0.6) is 0 Å². The average molecular weight is 441 g/mol. The minimum absolute atomic E-state index is 0.546. The van der Waals surface area contributed by atoms with Crippen LogP contribution in [-0.2, 0) is 16.5 Å². The van der Waals surface area contributed by atoms with Crippen LogP contribution in [0.25, 0.3) is 0 Å². The van der Waals surface area contributed by atoms with Gasteiger partial charge in [-0.15, -0.1) is 19.3 Å². The van der Waals surface area contributed by atoms with Crippen LogP contribution in [0.15, 0.2) is 0 Å². The fraction of sp³-hybridized carbons (Fsp3) is 0.667. The van der Waals surface area contributed by atoms with Crippen molar-refractivity contribution < 1.29 is 16.5 Å². The normalized spacial score (nSPS) is 14.7. The van der Waals surface area contributed by atoms with Gasteiger partial charge in [0.1, 0.15) is 0 Å². The van der Waals surface area contributed by atoms with Crippen LogP contribution in [0, 0.1) is 35.0 Å². The molecule has 4 nitrogen and oxygen atoms in total. The summed E-state index contributed by atoms with van der Waals surface area (Å²) in [5.41, 5.74) is 0. The quantitative estimate of drug-likeness (QED) is 0.268. The third kappa shape index (κ3) is 6.19. The molecule has 0 fully saturated rings. The molecule has 0 spiro atoms. The van der Waals surface area contributed by atoms with Crippen molar-refractivity contribution in [2.75, 3.05) is 34.5 Å². The zero-order valence-electron chi connectivity index (χ0n) is 16.8. The predicted molar refractivity (Wildman–Crippen MR) is 123 cm³/mol.